The van der Waals surface area contributed by atoms with E-state index >= 15 is 0 Å². The van der Waals surface area contributed by atoms with E-state index in [1.165, 1.54) is 18.3 Å². The molecule has 0 aliphatic carbocycles. The molecular formula is C18H12BrN3O4. The second kappa shape index (κ2) is 7.75. The molecule has 1 heterocycles. The molecule has 0 radical (unpaired) electrons. The Bertz CT molecular complexity index is 997. The van der Waals surface area contributed by atoms with Gasteiger partial charge in [0.05, 0.1) is 11.1 Å². The number of hydrazone groups is 1. The van der Waals surface area contributed by atoms with E-state index in [-0.39, 0.29) is 11.6 Å². The summed E-state index contributed by atoms with van der Waals surface area (Å²) in [5.74, 6) is 0.516. The van der Waals surface area contributed by atoms with Crippen molar-refractivity contribution >= 4 is 33.7 Å². The summed E-state index contributed by atoms with van der Waals surface area (Å²) < 4.78 is 6.37. The van der Waals surface area contributed by atoms with E-state index in [0.29, 0.717) is 22.6 Å². The normalized spacial score (nSPS) is 10.8. The number of non-ortho nitro benzene ring substituents is 1. The van der Waals surface area contributed by atoms with Gasteiger partial charge in [0.15, 0.2) is 0 Å². The minimum atomic E-state index is -0.466. The van der Waals surface area contributed by atoms with Crippen LogP contribution < -0.4 is 5.43 Å². The van der Waals surface area contributed by atoms with Gasteiger partial charge in [0.25, 0.3) is 11.6 Å². The zero-order chi connectivity index (χ0) is 18.5. The zero-order valence-corrected chi connectivity index (χ0v) is 14.8. The maximum atomic E-state index is 12.0. The van der Waals surface area contributed by atoms with Crippen molar-refractivity contribution in [3.63, 3.8) is 0 Å². The van der Waals surface area contributed by atoms with E-state index in [1.807, 2.05) is 6.07 Å². The molecule has 0 unspecified atom stereocenters. The predicted octanol–water partition coefficient (Wildman–Crippen LogP) is 4.38. The van der Waals surface area contributed by atoms with Gasteiger partial charge in [0.1, 0.15) is 11.5 Å². The minimum absolute atomic E-state index is 0.0181. The fraction of sp³-hybridized carbons (Fsp3) is 0. The lowest BCUT2D eigenvalue weighted by molar-refractivity contribution is -0.384. The van der Waals surface area contributed by atoms with Crippen molar-refractivity contribution in [1.82, 2.24) is 5.43 Å². The Labute approximate surface area is 156 Å². The van der Waals surface area contributed by atoms with Crippen LogP contribution in [0, 0.1) is 10.1 Å². The third-order valence-corrected chi connectivity index (χ3v) is 3.91. The van der Waals surface area contributed by atoms with Crippen LogP contribution >= 0.6 is 15.9 Å². The summed E-state index contributed by atoms with van der Waals surface area (Å²) in [7, 11) is 0. The van der Waals surface area contributed by atoms with Gasteiger partial charge in [0, 0.05) is 27.7 Å². The molecule has 0 fully saturated rings. The third-order valence-electron chi connectivity index (χ3n) is 3.41. The highest BCUT2D eigenvalue weighted by molar-refractivity contribution is 9.10. The molecule has 26 heavy (non-hydrogen) atoms. The van der Waals surface area contributed by atoms with E-state index in [4.69, 9.17) is 4.42 Å². The molecule has 0 aliphatic heterocycles. The first-order valence-corrected chi connectivity index (χ1v) is 8.26. The number of rotatable bonds is 5. The fourth-order valence-electron chi connectivity index (χ4n) is 2.20. The zero-order valence-electron chi connectivity index (χ0n) is 13.3. The molecule has 7 nitrogen and oxygen atoms in total. The molecule has 0 atom stereocenters. The Balaban J connectivity index is 1.68. The van der Waals surface area contributed by atoms with Crippen molar-refractivity contribution in [3.8, 4) is 11.3 Å². The maximum Gasteiger partial charge on any atom is 0.271 e. The number of carbonyl (C=O) groups is 1. The molecule has 3 rings (SSSR count). The molecule has 0 aliphatic rings. The topological polar surface area (TPSA) is 97.7 Å². The van der Waals surface area contributed by atoms with Gasteiger partial charge in [-0.15, -0.1) is 0 Å². The minimum Gasteiger partial charge on any atom is -0.455 e. The molecule has 2 aromatic carbocycles. The number of nitro groups is 1. The Morgan fingerprint density at radius 1 is 1.15 bits per heavy atom. The van der Waals surface area contributed by atoms with Gasteiger partial charge in [0.2, 0.25) is 0 Å². The van der Waals surface area contributed by atoms with Crippen LogP contribution in [0.4, 0.5) is 5.69 Å². The molecular weight excluding hydrogens is 402 g/mol. The second-order valence-corrected chi connectivity index (χ2v) is 6.13. The highest BCUT2D eigenvalue weighted by Gasteiger charge is 2.10. The number of carbonyl (C=O) groups excluding carboxylic acids is 1. The van der Waals surface area contributed by atoms with Crippen LogP contribution in [0.25, 0.3) is 11.3 Å². The molecule has 0 bridgehead atoms. The summed E-state index contributed by atoms with van der Waals surface area (Å²) >= 11 is 3.30. The number of halogens is 1. The maximum absolute atomic E-state index is 12.0. The Kier molecular flexibility index (Phi) is 5.23. The number of nitrogens with one attached hydrogen (secondary N) is 1. The lowest BCUT2D eigenvalue weighted by atomic mass is 10.1. The van der Waals surface area contributed by atoms with Crippen molar-refractivity contribution in [2.45, 2.75) is 0 Å². The number of nitrogens with zero attached hydrogens (tertiary/aromatic N) is 2. The molecule has 0 saturated heterocycles. The summed E-state index contributed by atoms with van der Waals surface area (Å²) in [4.78, 5) is 22.4. The first kappa shape index (κ1) is 17.6. The summed E-state index contributed by atoms with van der Waals surface area (Å²) in [6, 6.07) is 16.4. The molecule has 0 spiro atoms. The number of benzene rings is 2. The van der Waals surface area contributed by atoms with Gasteiger partial charge >= 0.3 is 0 Å². The number of furan rings is 1. The van der Waals surface area contributed by atoms with E-state index in [9.17, 15) is 14.9 Å². The van der Waals surface area contributed by atoms with Crippen LogP contribution in [0.15, 0.2) is 74.7 Å². The van der Waals surface area contributed by atoms with Crippen molar-refractivity contribution in [2.75, 3.05) is 0 Å². The van der Waals surface area contributed by atoms with Crippen LogP contribution in [-0.2, 0) is 0 Å². The Morgan fingerprint density at radius 2 is 1.96 bits per heavy atom. The van der Waals surface area contributed by atoms with Crippen LogP contribution in [0.2, 0.25) is 0 Å². The van der Waals surface area contributed by atoms with Gasteiger partial charge in [-0.2, -0.15) is 5.10 Å². The van der Waals surface area contributed by atoms with Crippen molar-refractivity contribution in [3.05, 3.63) is 86.6 Å². The lowest BCUT2D eigenvalue weighted by Gasteiger charge is -1.99. The summed E-state index contributed by atoms with van der Waals surface area (Å²) in [6.07, 6.45) is 1.36. The van der Waals surface area contributed by atoms with Crippen LogP contribution in [0.5, 0.6) is 0 Å². The second-order valence-electron chi connectivity index (χ2n) is 5.22. The summed E-state index contributed by atoms with van der Waals surface area (Å²) in [5.41, 5.74) is 3.44. The molecule has 1 N–H and O–H groups in total. The average molecular weight is 414 g/mol. The standard InChI is InChI=1S/C18H12BrN3O4/c19-14-5-1-4-13(9-14)18(23)21-20-11-16-7-8-17(26-16)12-3-2-6-15(10-12)22(24)25/h1-11H,(H,21,23)/b20-11-. The molecule has 8 heteroatoms. The lowest BCUT2D eigenvalue weighted by Crippen LogP contribution is -2.17. The Morgan fingerprint density at radius 3 is 2.73 bits per heavy atom. The molecule has 130 valence electrons. The van der Waals surface area contributed by atoms with Gasteiger partial charge in [-0.05, 0) is 30.3 Å². The predicted molar refractivity (Wildman–Crippen MR) is 100 cm³/mol. The van der Waals surface area contributed by atoms with Crippen molar-refractivity contribution in [2.24, 2.45) is 5.10 Å². The smallest absolute Gasteiger partial charge is 0.271 e. The SMILES string of the molecule is O=C(N/N=C\c1ccc(-c2cccc([N+](=O)[O-])c2)o1)c1cccc(Br)c1. The number of nitro benzene ring substituents is 1. The molecule has 1 aromatic heterocycles. The van der Waals surface area contributed by atoms with Crippen molar-refractivity contribution in [1.29, 1.82) is 0 Å². The van der Waals surface area contributed by atoms with E-state index in [0.717, 1.165) is 4.47 Å². The van der Waals surface area contributed by atoms with Crippen molar-refractivity contribution < 1.29 is 14.1 Å². The highest BCUT2D eigenvalue weighted by Crippen LogP contribution is 2.25. The largest absolute Gasteiger partial charge is 0.455 e. The number of amides is 1. The van der Waals surface area contributed by atoms with Gasteiger partial charge in [-0.25, -0.2) is 5.43 Å². The van der Waals surface area contributed by atoms with E-state index in [2.05, 4.69) is 26.5 Å². The Hall–Kier alpha value is -3.26. The molecule has 0 saturated carbocycles. The fourth-order valence-corrected chi connectivity index (χ4v) is 2.60. The summed E-state index contributed by atoms with van der Waals surface area (Å²) in [6.45, 7) is 0. The average Bonchev–Trinajstić information content (AvgIpc) is 3.10. The van der Waals surface area contributed by atoms with E-state index in [1.54, 1.807) is 42.5 Å². The van der Waals surface area contributed by atoms with Gasteiger partial charge in [-0.1, -0.05) is 34.1 Å². The first-order chi connectivity index (χ1) is 12.5. The number of hydrogen-bond donors (Lipinski definition) is 1. The van der Waals surface area contributed by atoms with Crippen LogP contribution in [0.1, 0.15) is 16.1 Å². The third kappa shape index (κ3) is 4.22. The molecule has 1 amide bonds. The van der Waals surface area contributed by atoms with Gasteiger partial charge < -0.3 is 4.42 Å². The van der Waals surface area contributed by atoms with E-state index < -0.39 is 4.92 Å². The quantitative estimate of drug-likeness (QED) is 0.381. The first-order valence-electron chi connectivity index (χ1n) is 7.46. The number of hydrogen-bond acceptors (Lipinski definition) is 5. The van der Waals surface area contributed by atoms with Crippen LogP contribution in [0.3, 0.4) is 0 Å². The van der Waals surface area contributed by atoms with Crippen LogP contribution in [-0.4, -0.2) is 17.0 Å². The molecule has 3 aromatic rings. The highest BCUT2D eigenvalue weighted by atomic mass is 79.9. The monoisotopic (exact) mass is 413 g/mol. The summed E-state index contributed by atoms with van der Waals surface area (Å²) in [5, 5.41) is 14.7. The van der Waals surface area contributed by atoms with Gasteiger partial charge in [-0.3, -0.25) is 14.9 Å².